The molecule has 6 nitrogen and oxygen atoms in total. The molecule has 2 rings (SSSR count). The van der Waals surface area contributed by atoms with Crippen molar-refractivity contribution in [1.29, 1.82) is 0 Å². The normalized spacial score (nSPS) is 12.1. The lowest BCUT2D eigenvalue weighted by molar-refractivity contribution is 0.441. The van der Waals surface area contributed by atoms with Gasteiger partial charge < -0.3 is 4.74 Å². The third kappa shape index (κ3) is 8.56. The highest BCUT2D eigenvalue weighted by molar-refractivity contribution is 7.91. The maximum atomic E-state index is 12.9. The Bertz CT molecular complexity index is 1050. The molecule has 0 saturated carbocycles. The van der Waals surface area contributed by atoms with E-state index in [2.05, 4.69) is 6.92 Å². The van der Waals surface area contributed by atoms with Gasteiger partial charge in [-0.15, -0.1) is 0 Å². The maximum Gasteiger partial charge on any atom is 0.298 e. The fraction of sp³-hybridized carbons (Fsp3) is 0.500. The number of benzene rings is 2. The first-order chi connectivity index (χ1) is 15.3. The van der Waals surface area contributed by atoms with Crippen LogP contribution in [0.5, 0.6) is 11.5 Å². The van der Waals surface area contributed by atoms with E-state index >= 15 is 0 Å². The number of rotatable bonds is 15. The molecule has 0 atom stereocenters. The van der Waals surface area contributed by atoms with E-state index in [9.17, 15) is 21.4 Å². The van der Waals surface area contributed by atoms with E-state index in [1.807, 2.05) is 0 Å². The van der Waals surface area contributed by atoms with Crippen molar-refractivity contribution in [3.8, 4) is 11.5 Å². The van der Waals surface area contributed by atoms with Crippen molar-refractivity contribution in [3.63, 3.8) is 0 Å². The summed E-state index contributed by atoms with van der Waals surface area (Å²) < 4.78 is 64.1. The van der Waals surface area contributed by atoms with Gasteiger partial charge in [0.2, 0.25) is 0 Å². The Morgan fingerprint density at radius 1 is 0.656 bits per heavy atom. The van der Waals surface area contributed by atoms with Crippen LogP contribution in [0, 0.1) is 0 Å². The third-order valence-corrected chi connectivity index (χ3v) is 8.02. The van der Waals surface area contributed by atoms with Gasteiger partial charge in [0, 0.05) is 0 Å². The minimum atomic E-state index is -4.51. The average molecular weight is 483 g/mol. The molecule has 0 amide bonds. The van der Waals surface area contributed by atoms with Crippen molar-refractivity contribution in [2.75, 3.05) is 5.75 Å². The predicted octanol–water partition coefficient (Wildman–Crippen LogP) is 6.42. The Kier molecular flexibility index (Phi) is 10.7. The summed E-state index contributed by atoms with van der Waals surface area (Å²) in [7, 11) is -8.11. The summed E-state index contributed by atoms with van der Waals surface area (Å²) in [5.74, 6) is -0.0867. The molecule has 0 aliphatic carbocycles. The second kappa shape index (κ2) is 13.0. The van der Waals surface area contributed by atoms with Crippen molar-refractivity contribution >= 4 is 20.0 Å². The second-order valence-electron chi connectivity index (χ2n) is 7.97. The van der Waals surface area contributed by atoms with Gasteiger partial charge in [-0.1, -0.05) is 89.0 Å². The van der Waals surface area contributed by atoms with E-state index in [0.717, 1.165) is 19.3 Å². The summed E-state index contributed by atoms with van der Waals surface area (Å²) >= 11 is 0. The smallest absolute Gasteiger partial charge is 0.298 e. The summed E-state index contributed by atoms with van der Waals surface area (Å²) in [5, 5.41) is 0. The van der Waals surface area contributed by atoms with Gasteiger partial charge in [-0.05, 0) is 30.7 Å². The summed E-state index contributed by atoms with van der Waals surface area (Å²) in [4.78, 5) is -0.400. The zero-order valence-corrected chi connectivity index (χ0v) is 20.3. The quantitative estimate of drug-likeness (QED) is 0.232. The Hall–Kier alpha value is -1.90. The second-order valence-corrected chi connectivity index (χ2v) is 11.4. The summed E-state index contributed by atoms with van der Waals surface area (Å²) in [6.07, 6.45) is 11.1. The Labute approximate surface area is 192 Å². The Balaban J connectivity index is 1.94. The van der Waals surface area contributed by atoms with Gasteiger partial charge in [0.15, 0.2) is 9.84 Å². The monoisotopic (exact) mass is 482 g/mol. The molecular weight excluding hydrogens is 448 g/mol. The molecule has 0 saturated heterocycles. The first-order valence-electron chi connectivity index (χ1n) is 11.3. The highest BCUT2D eigenvalue weighted by atomic mass is 32.2. The summed E-state index contributed by atoms with van der Waals surface area (Å²) in [5.41, 5.74) is 0. The van der Waals surface area contributed by atoms with Crippen LogP contribution in [0.2, 0.25) is 0 Å². The molecule has 32 heavy (non-hydrogen) atoms. The molecule has 0 fully saturated rings. The van der Waals surface area contributed by atoms with Gasteiger partial charge in [-0.3, -0.25) is 4.55 Å². The predicted molar refractivity (Wildman–Crippen MR) is 127 cm³/mol. The van der Waals surface area contributed by atoms with Gasteiger partial charge in [0.25, 0.3) is 10.1 Å². The molecule has 8 heteroatoms. The van der Waals surface area contributed by atoms with Crippen LogP contribution in [0.4, 0.5) is 0 Å². The Morgan fingerprint density at radius 2 is 1.09 bits per heavy atom. The van der Waals surface area contributed by atoms with E-state index < -0.39 is 24.9 Å². The lowest BCUT2D eigenvalue weighted by Gasteiger charge is -2.13. The topological polar surface area (TPSA) is 97.7 Å². The molecule has 0 unspecified atom stereocenters. The van der Waals surface area contributed by atoms with Crippen LogP contribution in [0.25, 0.3) is 0 Å². The minimum Gasteiger partial charge on any atom is -0.455 e. The molecule has 2 aromatic carbocycles. The van der Waals surface area contributed by atoms with Crippen LogP contribution in [0.15, 0.2) is 58.3 Å². The molecule has 0 heterocycles. The highest BCUT2D eigenvalue weighted by Crippen LogP contribution is 2.33. The number of hydrogen-bond donors (Lipinski definition) is 1. The number of unbranched alkanes of at least 4 members (excludes halogenated alkanes) is 9. The van der Waals surface area contributed by atoms with Gasteiger partial charge in [0.1, 0.15) is 21.3 Å². The van der Waals surface area contributed by atoms with Crippen LogP contribution in [0.3, 0.4) is 0 Å². The zero-order valence-electron chi connectivity index (χ0n) is 18.7. The number of para-hydroxylation sites is 2. The molecule has 0 aliphatic rings. The van der Waals surface area contributed by atoms with Gasteiger partial charge in [-0.2, -0.15) is 8.42 Å². The molecule has 0 aromatic heterocycles. The van der Waals surface area contributed by atoms with Gasteiger partial charge >= 0.3 is 0 Å². The number of hydrogen-bond acceptors (Lipinski definition) is 5. The molecule has 1 N–H and O–H groups in total. The average Bonchev–Trinajstić information content (AvgIpc) is 2.75. The first kappa shape index (κ1) is 26.4. The van der Waals surface area contributed by atoms with Crippen molar-refractivity contribution in [1.82, 2.24) is 0 Å². The van der Waals surface area contributed by atoms with E-state index in [4.69, 9.17) is 4.74 Å². The van der Waals surface area contributed by atoms with Crippen LogP contribution in [-0.2, 0) is 20.0 Å². The lowest BCUT2D eigenvalue weighted by Crippen LogP contribution is -2.09. The standard InChI is InChI=1S/C24H34O6S2/c1-2-3-4-5-6-7-8-9-10-15-20-31(25,26)23-18-13-11-16-21(23)30-22-17-12-14-19-24(22)32(27,28)29/h11-14,16-19H,2-10,15,20H2,1H3,(H,27,28,29). The molecule has 0 spiro atoms. The molecule has 0 radical (unpaired) electrons. The van der Waals surface area contributed by atoms with E-state index in [1.54, 1.807) is 18.2 Å². The molecule has 0 bridgehead atoms. The van der Waals surface area contributed by atoms with Crippen molar-refractivity contribution in [3.05, 3.63) is 48.5 Å². The summed E-state index contributed by atoms with van der Waals surface area (Å²) in [6, 6.07) is 11.7. The molecule has 2 aromatic rings. The lowest BCUT2D eigenvalue weighted by atomic mass is 10.1. The summed E-state index contributed by atoms with van der Waals surface area (Å²) in [6.45, 7) is 2.21. The molecule has 0 aliphatic heterocycles. The Morgan fingerprint density at radius 3 is 1.62 bits per heavy atom. The number of sulfone groups is 1. The third-order valence-electron chi connectivity index (χ3n) is 5.30. The van der Waals surface area contributed by atoms with Crippen molar-refractivity contribution in [2.24, 2.45) is 0 Å². The van der Waals surface area contributed by atoms with Gasteiger partial charge in [-0.25, -0.2) is 8.42 Å². The maximum absolute atomic E-state index is 12.9. The van der Waals surface area contributed by atoms with Gasteiger partial charge in [0.05, 0.1) is 5.75 Å². The van der Waals surface area contributed by atoms with Crippen LogP contribution in [-0.4, -0.2) is 27.1 Å². The molecular formula is C24H34O6S2. The fourth-order valence-electron chi connectivity index (χ4n) is 3.55. The first-order valence-corrected chi connectivity index (χ1v) is 14.4. The largest absolute Gasteiger partial charge is 0.455 e. The van der Waals surface area contributed by atoms with Crippen LogP contribution >= 0.6 is 0 Å². The van der Waals surface area contributed by atoms with Crippen molar-refractivity contribution in [2.45, 2.75) is 80.9 Å². The van der Waals surface area contributed by atoms with Crippen molar-refractivity contribution < 1.29 is 26.1 Å². The number of ether oxygens (including phenoxy) is 1. The zero-order chi connectivity index (χ0) is 23.5. The van der Waals surface area contributed by atoms with E-state index in [-0.39, 0.29) is 22.1 Å². The fourth-order valence-corrected chi connectivity index (χ4v) is 5.67. The molecule has 178 valence electrons. The van der Waals surface area contributed by atoms with E-state index in [1.165, 1.54) is 68.9 Å². The van der Waals surface area contributed by atoms with Crippen LogP contribution < -0.4 is 4.74 Å². The highest BCUT2D eigenvalue weighted by Gasteiger charge is 2.22. The SMILES string of the molecule is CCCCCCCCCCCCS(=O)(=O)c1ccccc1Oc1ccccc1S(=O)(=O)O. The minimum absolute atomic E-state index is 0.00379. The van der Waals surface area contributed by atoms with Crippen LogP contribution in [0.1, 0.15) is 71.1 Å². The van der Waals surface area contributed by atoms with E-state index in [0.29, 0.717) is 6.42 Å².